The van der Waals surface area contributed by atoms with Crippen LogP contribution in [0.25, 0.3) is 0 Å². The summed E-state index contributed by atoms with van der Waals surface area (Å²) in [6.45, 7) is 2.87. The van der Waals surface area contributed by atoms with E-state index in [2.05, 4.69) is 28.0 Å². The van der Waals surface area contributed by atoms with Crippen LogP contribution >= 0.6 is 0 Å². The van der Waals surface area contributed by atoms with Crippen LogP contribution in [0.3, 0.4) is 0 Å². The standard InChI is InChI=1S/C19H34F3N5O/c1-11-6-3-2-4-7-12-8-5-9-27(12)16-13(19(20,21)22)10-14(23)15(24-16)18-26-25-17(11)28-18/h11-18,24-26H,2-10,23H2,1H3/t11?,12-,13?,14?,15?,16?,17?,18?/m1/s1. The van der Waals surface area contributed by atoms with Gasteiger partial charge < -0.3 is 10.5 Å². The third kappa shape index (κ3) is 4.20. The minimum atomic E-state index is -4.27. The first-order chi connectivity index (χ1) is 13.3. The predicted octanol–water partition coefficient (Wildman–Crippen LogP) is 2.02. The Kier molecular flexibility index (Phi) is 6.21. The molecular weight excluding hydrogens is 371 g/mol. The van der Waals surface area contributed by atoms with E-state index < -0.39 is 30.5 Å². The van der Waals surface area contributed by atoms with E-state index in [1.807, 2.05) is 0 Å². The van der Waals surface area contributed by atoms with Crippen molar-refractivity contribution < 1.29 is 17.9 Å². The molecule has 4 aliphatic rings. The zero-order valence-electron chi connectivity index (χ0n) is 16.5. The molecule has 162 valence electrons. The van der Waals surface area contributed by atoms with Gasteiger partial charge in [-0.3, -0.25) is 10.2 Å². The highest BCUT2D eigenvalue weighted by atomic mass is 19.4. The maximum absolute atomic E-state index is 13.9. The monoisotopic (exact) mass is 405 g/mol. The van der Waals surface area contributed by atoms with Crippen LogP contribution in [0.15, 0.2) is 0 Å². The van der Waals surface area contributed by atoms with Crippen molar-refractivity contribution in [2.45, 2.75) is 101 Å². The van der Waals surface area contributed by atoms with E-state index in [-0.39, 0.29) is 24.7 Å². The number of ether oxygens (including phenoxy) is 1. The minimum absolute atomic E-state index is 0.0726. The lowest BCUT2D eigenvalue weighted by Crippen LogP contribution is -2.70. The zero-order valence-corrected chi connectivity index (χ0v) is 16.5. The van der Waals surface area contributed by atoms with Crippen molar-refractivity contribution in [3.63, 3.8) is 0 Å². The third-order valence-electron chi connectivity index (χ3n) is 7.13. The van der Waals surface area contributed by atoms with E-state index in [9.17, 15) is 13.2 Å². The van der Waals surface area contributed by atoms with E-state index in [1.54, 1.807) is 0 Å². The molecule has 0 radical (unpaired) electrons. The van der Waals surface area contributed by atoms with Gasteiger partial charge in [-0.2, -0.15) is 13.2 Å². The Balaban J connectivity index is 1.60. The van der Waals surface area contributed by atoms with Crippen LogP contribution in [0.5, 0.6) is 0 Å². The normalized spacial score (nSPS) is 46.2. The van der Waals surface area contributed by atoms with Crippen molar-refractivity contribution in [3.8, 4) is 0 Å². The summed E-state index contributed by atoms with van der Waals surface area (Å²) in [6, 6.07) is -0.760. The molecule has 0 aliphatic carbocycles. The summed E-state index contributed by atoms with van der Waals surface area (Å²) in [4.78, 5) is 2.07. The molecular formula is C19H34F3N5O. The second-order valence-corrected chi connectivity index (χ2v) is 9.10. The molecule has 5 N–H and O–H groups in total. The van der Waals surface area contributed by atoms with Gasteiger partial charge in [-0.25, -0.2) is 10.9 Å². The van der Waals surface area contributed by atoms with Crippen LogP contribution < -0.4 is 21.9 Å². The fourth-order valence-electron chi connectivity index (χ4n) is 5.51. The lowest BCUT2D eigenvalue weighted by molar-refractivity contribution is -0.210. The number of fused-ring (bicyclic) bond motifs is 7. The van der Waals surface area contributed by atoms with Crippen molar-refractivity contribution in [1.29, 1.82) is 0 Å². The molecule has 7 unspecified atom stereocenters. The quantitative estimate of drug-likeness (QED) is 0.494. The lowest BCUT2D eigenvalue weighted by atomic mass is 9.85. The van der Waals surface area contributed by atoms with Crippen molar-refractivity contribution in [1.82, 2.24) is 21.1 Å². The SMILES string of the molecule is CC1CCCCC[C@@H]2CCCN2C2NC(C(N)CC2C(F)(F)F)C2NNC1O2. The summed E-state index contributed by atoms with van der Waals surface area (Å²) in [5, 5.41) is 3.28. The molecule has 0 aromatic carbocycles. The number of alkyl halides is 3. The van der Waals surface area contributed by atoms with E-state index >= 15 is 0 Å². The molecule has 8 atom stereocenters. The van der Waals surface area contributed by atoms with E-state index in [0.717, 1.165) is 44.9 Å². The van der Waals surface area contributed by atoms with Crippen molar-refractivity contribution in [2.75, 3.05) is 6.54 Å². The molecule has 28 heavy (non-hydrogen) atoms. The predicted molar refractivity (Wildman–Crippen MR) is 99.8 cm³/mol. The molecule has 9 heteroatoms. The number of nitrogens with zero attached hydrogens (tertiary/aromatic N) is 1. The number of piperidine rings is 1. The Morgan fingerprint density at radius 3 is 2.50 bits per heavy atom. The van der Waals surface area contributed by atoms with Crippen LogP contribution in [0.1, 0.15) is 58.3 Å². The maximum Gasteiger partial charge on any atom is 0.394 e. The van der Waals surface area contributed by atoms with E-state index in [1.165, 1.54) is 0 Å². The fraction of sp³-hybridized carbons (Fsp3) is 1.00. The first-order valence-corrected chi connectivity index (χ1v) is 10.8. The number of nitrogens with one attached hydrogen (secondary N) is 3. The van der Waals surface area contributed by atoms with Gasteiger partial charge in [-0.05, 0) is 44.6 Å². The molecule has 4 heterocycles. The Morgan fingerprint density at radius 2 is 1.71 bits per heavy atom. The molecule has 0 saturated carbocycles. The summed E-state index contributed by atoms with van der Waals surface area (Å²) in [5.74, 6) is -1.11. The molecule has 4 fully saturated rings. The average Bonchev–Trinajstić information content (AvgIpc) is 3.29. The van der Waals surface area contributed by atoms with Gasteiger partial charge in [0.15, 0.2) is 0 Å². The number of nitrogens with two attached hydrogens (primary N) is 1. The van der Waals surface area contributed by atoms with Crippen LogP contribution in [0.4, 0.5) is 13.2 Å². The van der Waals surface area contributed by atoms with Gasteiger partial charge in [-0.15, -0.1) is 0 Å². The third-order valence-corrected chi connectivity index (χ3v) is 7.13. The lowest BCUT2D eigenvalue weighted by Gasteiger charge is -2.48. The molecule has 0 aromatic rings. The summed E-state index contributed by atoms with van der Waals surface area (Å²) >= 11 is 0. The van der Waals surface area contributed by atoms with Crippen molar-refractivity contribution in [3.05, 3.63) is 0 Å². The number of hydrogen-bond acceptors (Lipinski definition) is 6. The number of rotatable bonds is 0. The van der Waals surface area contributed by atoms with Crippen molar-refractivity contribution >= 4 is 0 Å². The van der Waals surface area contributed by atoms with E-state index in [4.69, 9.17) is 10.5 Å². The maximum atomic E-state index is 13.9. The van der Waals surface area contributed by atoms with Gasteiger partial charge >= 0.3 is 6.18 Å². The highest BCUT2D eigenvalue weighted by Crippen LogP contribution is 2.40. The number of halogens is 3. The fourth-order valence-corrected chi connectivity index (χ4v) is 5.51. The number of hydrazine groups is 1. The first kappa shape index (κ1) is 20.8. The Bertz CT molecular complexity index is 536. The Hall–Kier alpha value is -0.450. The molecule has 4 rings (SSSR count). The molecule has 0 amide bonds. The Morgan fingerprint density at radius 1 is 1.00 bits per heavy atom. The summed E-state index contributed by atoms with van der Waals surface area (Å²) in [6.07, 6.45) is 1.67. The van der Waals surface area contributed by atoms with Crippen LogP contribution in [-0.4, -0.2) is 54.4 Å². The molecule has 4 bridgehead atoms. The zero-order chi connectivity index (χ0) is 19.9. The van der Waals surface area contributed by atoms with Gasteiger partial charge in [0.05, 0.1) is 18.1 Å². The topological polar surface area (TPSA) is 74.6 Å². The number of hydrogen-bond donors (Lipinski definition) is 4. The largest absolute Gasteiger partial charge is 0.394 e. The summed E-state index contributed by atoms with van der Waals surface area (Å²) in [7, 11) is 0. The van der Waals surface area contributed by atoms with Gasteiger partial charge in [-0.1, -0.05) is 26.2 Å². The molecule has 0 spiro atoms. The van der Waals surface area contributed by atoms with E-state index in [0.29, 0.717) is 12.5 Å². The smallest absolute Gasteiger partial charge is 0.341 e. The average molecular weight is 406 g/mol. The van der Waals surface area contributed by atoms with Crippen LogP contribution in [0.2, 0.25) is 0 Å². The molecule has 0 aromatic heterocycles. The van der Waals surface area contributed by atoms with Crippen LogP contribution in [0, 0.1) is 11.8 Å². The van der Waals surface area contributed by atoms with Gasteiger partial charge in [0.25, 0.3) is 0 Å². The highest BCUT2D eigenvalue weighted by molar-refractivity contribution is 5.02. The molecule has 6 nitrogen and oxygen atoms in total. The second kappa shape index (κ2) is 8.35. The first-order valence-electron chi connectivity index (χ1n) is 10.8. The summed E-state index contributed by atoms with van der Waals surface area (Å²) in [5.41, 5.74) is 12.6. The highest BCUT2D eigenvalue weighted by Gasteiger charge is 2.54. The van der Waals surface area contributed by atoms with Crippen LogP contribution in [-0.2, 0) is 4.74 Å². The van der Waals surface area contributed by atoms with Crippen molar-refractivity contribution in [2.24, 2.45) is 17.6 Å². The van der Waals surface area contributed by atoms with Gasteiger partial charge in [0.2, 0.25) is 0 Å². The van der Waals surface area contributed by atoms with Gasteiger partial charge in [0.1, 0.15) is 12.5 Å². The second-order valence-electron chi connectivity index (χ2n) is 9.10. The molecule has 4 aliphatic heterocycles. The summed E-state index contributed by atoms with van der Waals surface area (Å²) < 4.78 is 47.8. The van der Waals surface area contributed by atoms with Gasteiger partial charge in [0, 0.05) is 12.1 Å². The molecule has 4 saturated heterocycles. The minimum Gasteiger partial charge on any atom is -0.341 e. The Labute approximate surface area is 165 Å².